The zero-order valence-electron chi connectivity index (χ0n) is 15.0. The average molecular weight is 386 g/mol. The van der Waals surface area contributed by atoms with E-state index in [2.05, 4.69) is 52.4 Å². The predicted octanol–water partition coefficient (Wildman–Crippen LogP) is 4.20. The van der Waals surface area contributed by atoms with Crippen LogP contribution in [0, 0.1) is 13.8 Å². The summed E-state index contributed by atoms with van der Waals surface area (Å²) in [5, 5.41) is 11.9. The number of hydrogen-bond donors (Lipinski definition) is 1. The first-order valence-electron chi connectivity index (χ1n) is 8.56. The van der Waals surface area contributed by atoms with Gasteiger partial charge in [-0.2, -0.15) is 16.4 Å². The van der Waals surface area contributed by atoms with Crippen LogP contribution in [-0.2, 0) is 10.5 Å². The van der Waals surface area contributed by atoms with Gasteiger partial charge in [0.05, 0.1) is 17.5 Å². The number of thiophene rings is 1. The van der Waals surface area contributed by atoms with Gasteiger partial charge in [-0.1, -0.05) is 30.3 Å². The van der Waals surface area contributed by atoms with Crippen LogP contribution < -0.4 is 5.32 Å². The number of nitrogens with zero attached hydrogens (tertiary/aromatic N) is 2. The SMILES string of the molecule is Cc1cc(C)n([C@@H](CNC(=O)CSCc2ccccc2)c2ccsc2)n1. The second-order valence-electron chi connectivity index (χ2n) is 6.23. The van der Waals surface area contributed by atoms with Gasteiger partial charge in [0.1, 0.15) is 0 Å². The van der Waals surface area contributed by atoms with Gasteiger partial charge in [-0.15, -0.1) is 11.8 Å². The molecule has 0 fully saturated rings. The van der Waals surface area contributed by atoms with Crippen LogP contribution in [0.3, 0.4) is 0 Å². The van der Waals surface area contributed by atoms with Gasteiger partial charge in [0, 0.05) is 18.0 Å². The molecule has 136 valence electrons. The molecule has 3 rings (SSSR count). The van der Waals surface area contributed by atoms with Gasteiger partial charge < -0.3 is 5.32 Å². The normalized spacial score (nSPS) is 12.1. The summed E-state index contributed by atoms with van der Waals surface area (Å²) in [4.78, 5) is 12.3. The molecule has 4 nitrogen and oxygen atoms in total. The second kappa shape index (κ2) is 9.05. The summed E-state index contributed by atoms with van der Waals surface area (Å²) in [5.74, 6) is 1.37. The Morgan fingerprint density at radius 3 is 2.73 bits per heavy atom. The number of thioether (sulfide) groups is 1. The smallest absolute Gasteiger partial charge is 0.230 e. The average Bonchev–Trinajstić information content (AvgIpc) is 3.26. The number of aryl methyl sites for hydroxylation is 2. The molecular formula is C20H23N3OS2. The van der Waals surface area contributed by atoms with E-state index >= 15 is 0 Å². The lowest BCUT2D eigenvalue weighted by atomic mass is 10.1. The van der Waals surface area contributed by atoms with E-state index in [0.29, 0.717) is 12.3 Å². The van der Waals surface area contributed by atoms with E-state index in [1.807, 2.05) is 29.8 Å². The van der Waals surface area contributed by atoms with Gasteiger partial charge in [-0.25, -0.2) is 0 Å². The molecule has 0 aliphatic carbocycles. The molecule has 0 unspecified atom stereocenters. The van der Waals surface area contributed by atoms with Crippen molar-refractivity contribution < 1.29 is 4.79 Å². The highest BCUT2D eigenvalue weighted by molar-refractivity contribution is 7.99. The molecule has 0 radical (unpaired) electrons. The summed E-state index contributed by atoms with van der Waals surface area (Å²) < 4.78 is 2.01. The Hall–Kier alpha value is -2.05. The van der Waals surface area contributed by atoms with Gasteiger partial charge in [-0.3, -0.25) is 9.48 Å². The number of carbonyl (C=O) groups is 1. The summed E-state index contributed by atoms with van der Waals surface area (Å²) in [7, 11) is 0. The van der Waals surface area contributed by atoms with E-state index in [0.717, 1.165) is 17.1 Å². The third kappa shape index (κ3) is 4.99. The summed E-state index contributed by atoms with van der Waals surface area (Å²) in [6, 6.07) is 14.4. The third-order valence-corrected chi connectivity index (χ3v) is 5.81. The number of rotatable bonds is 8. The summed E-state index contributed by atoms with van der Waals surface area (Å²) in [6.45, 7) is 4.59. The molecule has 0 spiro atoms. The van der Waals surface area contributed by atoms with Crippen molar-refractivity contribution in [2.24, 2.45) is 0 Å². The van der Waals surface area contributed by atoms with Crippen molar-refractivity contribution in [3.8, 4) is 0 Å². The molecule has 0 aliphatic rings. The maximum Gasteiger partial charge on any atom is 0.230 e. The Kier molecular flexibility index (Phi) is 6.52. The monoisotopic (exact) mass is 385 g/mol. The van der Waals surface area contributed by atoms with Crippen LogP contribution >= 0.6 is 23.1 Å². The lowest BCUT2D eigenvalue weighted by molar-refractivity contribution is -0.118. The molecule has 26 heavy (non-hydrogen) atoms. The highest BCUT2D eigenvalue weighted by Gasteiger charge is 2.18. The van der Waals surface area contributed by atoms with Crippen LogP contribution in [0.5, 0.6) is 0 Å². The molecule has 2 heterocycles. The Labute approximate surface area is 162 Å². The van der Waals surface area contributed by atoms with Crippen molar-refractivity contribution in [3.63, 3.8) is 0 Å². The van der Waals surface area contributed by atoms with Crippen LogP contribution in [0.1, 0.15) is 28.6 Å². The van der Waals surface area contributed by atoms with Gasteiger partial charge >= 0.3 is 0 Å². The quantitative estimate of drug-likeness (QED) is 0.632. The molecule has 1 aromatic carbocycles. The highest BCUT2D eigenvalue weighted by atomic mass is 32.2. The number of benzene rings is 1. The van der Waals surface area contributed by atoms with Crippen molar-refractivity contribution in [2.75, 3.05) is 12.3 Å². The minimum Gasteiger partial charge on any atom is -0.353 e. The number of aromatic nitrogens is 2. The minimum atomic E-state index is 0.0259. The summed E-state index contributed by atoms with van der Waals surface area (Å²) in [5.41, 5.74) is 4.52. The van der Waals surface area contributed by atoms with Gasteiger partial charge in [0.15, 0.2) is 0 Å². The van der Waals surface area contributed by atoms with Gasteiger partial charge in [-0.05, 0) is 47.9 Å². The molecule has 2 aromatic heterocycles. The largest absolute Gasteiger partial charge is 0.353 e. The molecule has 1 atom stereocenters. The molecule has 1 N–H and O–H groups in total. The molecule has 6 heteroatoms. The molecule has 3 aromatic rings. The zero-order chi connectivity index (χ0) is 18.4. The van der Waals surface area contributed by atoms with E-state index < -0.39 is 0 Å². The highest BCUT2D eigenvalue weighted by Crippen LogP contribution is 2.22. The fraction of sp³-hybridized carbons (Fsp3) is 0.300. The van der Waals surface area contributed by atoms with E-state index in [4.69, 9.17) is 0 Å². The van der Waals surface area contributed by atoms with Crippen LogP contribution in [0.15, 0.2) is 53.2 Å². The van der Waals surface area contributed by atoms with Gasteiger partial charge in [0.2, 0.25) is 5.91 Å². The Balaban J connectivity index is 1.56. The minimum absolute atomic E-state index is 0.0259. The Bertz CT molecular complexity index is 828. The maximum absolute atomic E-state index is 12.3. The molecule has 0 aliphatic heterocycles. The van der Waals surface area contributed by atoms with Crippen molar-refractivity contribution in [3.05, 3.63) is 75.7 Å². The fourth-order valence-electron chi connectivity index (χ4n) is 2.87. The molecule has 0 saturated heterocycles. The number of nitrogens with one attached hydrogen (secondary N) is 1. The van der Waals surface area contributed by atoms with Crippen molar-refractivity contribution in [1.29, 1.82) is 0 Å². The topological polar surface area (TPSA) is 46.9 Å². The van der Waals surface area contributed by atoms with Gasteiger partial charge in [0.25, 0.3) is 0 Å². The lowest BCUT2D eigenvalue weighted by Gasteiger charge is -2.19. The second-order valence-corrected chi connectivity index (χ2v) is 7.99. The molecular weight excluding hydrogens is 362 g/mol. The summed E-state index contributed by atoms with van der Waals surface area (Å²) >= 11 is 3.30. The summed E-state index contributed by atoms with van der Waals surface area (Å²) in [6.07, 6.45) is 0. The predicted molar refractivity (Wildman–Crippen MR) is 110 cm³/mol. The van der Waals surface area contributed by atoms with Crippen molar-refractivity contribution >= 4 is 29.0 Å². The van der Waals surface area contributed by atoms with E-state index in [9.17, 15) is 4.79 Å². The third-order valence-electron chi connectivity index (χ3n) is 4.11. The first-order valence-corrected chi connectivity index (χ1v) is 10.7. The first kappa shape index (κ1) is 18.7. The Morgan fingerprint density at radius 2 is 2.08 bits per heavy atom. The van der Waals surface area contributed by atoms with E-state index in [1.165, 1.54) is 11.1 Å². The maximum atomic E-state index is 12.3. The number of hydrogen-bond acceptors (Lipinski definition) is 4. The molecule has 1 amide bonds. The molecule has 0 saturated carbocycles. The van der Waals surface area contributed by atoms with Crippen LogP contribution in [0.4, 0.5) is 0 Å². The first-order chi connectivity index (χ1) is 12.6. The zero-order valence-corrected chi connectivity index (χ0v) is 16.6. The molecule has 0 bridgehead atoms. The van der Waals surface area contributed by atoms with Crippen LogP contribution in [0.25, 0.3) is 0 Å². The van der Waals surface area contributed by atoms with Crippen LogP contribution in [0.2, 0.25) is 0 Å². The van der Waals surface area contributed by atoms with E-state index in [1.54, 1.807) is 23.1 Å². The van der Waals surface area contributed by atoms with Crippen molar-refractivity contribution in [1.82, 2.24) is 15.1 Å². The van der Waals surface area contributed by atoms with Crippen LogP contribution in [-0.4, -0.2) is 28.0 Å². The lowest BCUT2D eigenvalue weighted by Crippen LogP contribution is -2.33. The van der Waals surface area contributed by atoms with E-state index in [-0.39, 0.29) is 11.9 Å². The Morgan fingerprint density at radius 1 is 1.27 bits per heavy atom. The fourth-order valence-corrected chi connectivity index (χ4v) is 4.39. The number of carbonyl (C=O) groups excluding carboxylic acids is 1. The standard InChI is InChI=1S/C20H23N3OS2/c1-15-10-16(2)23(22-15)19(18-8-9-25-13-18)11-21-20(24)14-26-12-17-6-4-3-5-7-17/h3-10,13,19H,11-12,14H2,1-2H3,(H,21,24)/t19-/m0/s1. The van der Waals surface area contributed by atoms with Crippen molar-refractivity contribution in [2.45, 2.75) is 25.6 Å². The number of amides is 1.